The van der Waals surface area contributed by atoms with E-state index in [1.54, 1.807) is 12.4 Å². The lowest BCUT2D eigenvalue weighted by molar-refractivity contribution is 0.616. The van der Waals surface area contributed by atoms with Gasteiger partial charge in [-0.2, -0.15) is 5.26 Å². The van der Waals surface area contributed by atoms with Gasteiger partial charge in [0.15, 0.2) is 0 Å². The topological polar surface area (TPSA) is 39.9 Å². The van der Waals surface area contributed by atoms with Crippen LogP contribution in [0, 0.1) is 11.3 Å². The van der Waals surface area contributed by atoms with Crippen LogP contribution in [0.15, 0.2) is 24.5 Å². The summed E-state index contributed by atoms with van der Waals surface area (Å²) in [5.41, 5.74) is 0.456. The zero-order valence-electron chi connectivity index (χ0n) is 8.15. The second-order valence-electron chi connectivity index (χ2n) is 3.44. The van der Waals surface area contributed by atoms with E-state index < -0.39 is 5.54 Å². The molecule has 0 N–H and O–H groups in total. The molecule has 0 spiro atoms. The summed E-state index contributed by atoms with van der Waals surface area (Å²) >= 11 is 0. The molecule has 0 saturated heterocycles. The third-order valence-corrected chi connectivity index (χ3v) is 2.15. The number of hydrogen-bond donors (Lipinski definition) is 0. The van der Waals surface area contributed by atoms with Crippen LogP contribution in [0.2, 0.25) is 0 Å². The summed E-state index contributed by atoms with van der Waals surface area (Å²) < 4.78 is 0. The minimum atomic E-state index is -0.497. The maximum absolute atomic E-state index is 8.91. The fraction of sp³-hybridized carbons (Fsp3) is 0.400. The van der Waals surface area contributed by atoms with Crippen LogP contribution in [0.5, 0.6) is 0 Å². The van der Waals surface area contributed by atoms with Crippen LogP contribution >= 0.6 is 0 Å². The standard InChI is InChI=1S/C10H13N3/c1-10(2,8-11)13(3)9-5-4-6-12-7-9/h4-7H,1-3H3. The zero-order chi connectivity index (χ0) is 9.90. The lowest BCUT2D eigenvalue weighted by atomic mass is 10.1. The molecule has 0 unspecified atom stereocenters. The molecular weight excluding hydrogens is 162 g/mol. The molecule has 0 fully saturated rings. The number of aromatic nitrogens is 1. The van der Waals surface area contributed by atoms with Crippen molar-refractivity contribution in [3.05, 3.63) is 24.5 Å². The molecule has 0 atom stereocenters. The first kappa shape index (κ1) is 9.53. The van der Waals surface area contributed by atoms with Crippen LogP contribution in [0.4, 0.5) is 5.69 Å². The maximum atomic E-state index is 8.91. The van der Waals surface area contributed by atoms with Crippen LogP contribution in [-0.2, 0) is 0 Å². The Morgan fingerprint density at radius 2 is 2.23 bits per heavy atom. The Hall–Kier alpha value is -1.56. The summed E-state index contributed by atoms with van der Waals surface area (Å²) in [4.78, 5) is 5.91. The summed E-state index contributed by atoms with van der Waals surface area (Å²) in [6, 6.07) is 6.03. The van der Waals surface area contributed by atoms with Crippen molar-refractivity contribution in [1.29, 1.82) is 5.26 Å². The lowest BCUT2D eigenvalue weighted by Crippen LogP contribution is -2.39. The van der Waals surface area contributed by atoms with Gasteiger partial charge in [0.25, 0.3) is 0 Å². The van der Waals surface area contributed by atoms with E-state index in [1.807, 2.05) is 37.9 Å². The molecule has 68 valence electrons. The highest BCUT2D eigenvalue weighted by Crippen LogP contribution is 2.19. The second kappa shape index (κ2) is 3.44. The number of anilines is 1. The number of nitriles is 1. The van der Waals surface area contributed by atoms with Gasteiger partial charge in [0.2, 0.25) is 0 Å². The van der Waals surface area contributed by atoms with Crippen molar-refractivity contribution in [1.82, 2.24) is 4.98 Å². The number of nitrogens with zero attached hydrogens (tertiary/aromatic N) is 3. The van der Waals surface area contributed by atoms with E-state index in [4.69, 9.17) is 5.26 Å². The predicted molar refractivity (Wildman–Crippen MR) is 52.3 cm³/mol. The van der Waals surface area contributed by atoms with E-state index in [0.717, 1.165) is 5.69 Å². The van der Waals surface area contributed by atoms with Crippen LogP contribution in [0.25, 0.3) is 0 Å². The molecule has 13 heavy (non-hydrogen) atoms. The molecule has 1 aromatic rings. The lowest BCUT2D eigenvalue weighted by Gasteiger charge is -2.30. The summed E-state index contributed by atoms with van der Waals surface area (Å²) in [6.45, 7) is 3.75. The Labute approximate surface area is 78.6 Å². The normalized spacial score (nSPS) is 10.6. The van der Waals surface area contributed by atoms with E-state index in [2.05, 4.69) is 11.1 Å². The Kier molecular flexibility index (Phi) is 2.52. The molecule has 0 aliphatic rings. The van der Waals surface area contributed by atoms with Crippen LogP contribution in [0.1, 0.15) is 13.8 Å². The van der Waals surface area contributed by atoms with Gasteiger partial charge in [-0.15, -0.1) is 0 Å². The first-order chi connectivity index (χ1) is 6.08. The molecule has 0 radical (unpaired) electrons. The van der Waals surface area contributed by atoms with Gasteiger partial charge in [0, 0.05) is 13.2 Å². The zero-order valence-corrected chi connectivity index (χ0v) is 8.15. The monoisotopic (exact) mass is 175 g/mol. The molecule has 3 heteroatoms. The van der Waals surface area contributed by atoms with E-state index >= 15 is 0 Å². The fourth-order valence-corrected chi connectivity index (χ4v) is 0.950. The summed E-state index contributed by atoms with van der Waals surface area (Å²) in [5, 5.41) is 8.91. The first-order valence-corrected chi connectivity index (χ1v) is 4.13. The van der Waals surface area contributed by atoms with Crippen molar-refractivity contribution < 1.29 is 0 Å². The van der Waals surface area contributed by atoms with Gasteiger partial charge in [0.1, 0.15) is 5.54 Å². The van der Waals surface area contributed by atoms with Crippen molar-refractivity contribution >= 4 is 5.69 Å². The van der Waals surface area contributed by atoms with Gasteiger partial charge in [-0.1, -0.05) is 0 Å². The van der Waals surface area contributed by atoms with E-state index in [0.29, 0.717) is 0 Å². The second-order valence-corrected chi connectivity index (χ2v) is 3.44. The van der Waals surface area contributed by atoms with E-state index in [9.17, 15) is 0 Å². The molecule has 1 heterocycles. The van der Waals surface area contributed by atoms with Crippen molar-refractivity contribution in [2.75, 3.05) is 11.9 Å². The van der Waals surface area contributed by atoms with Gasteiger partial charge in [-0.3, -0.25) is 4.98 Å². The number of rotatable bonds is 2. The summed E-state index contributed by atoms with van der Waals surface area (Å²) in [6.07, 6.45) is 3.47. The van der Waals surface area contributed by atoms with Gasteiger partial charge in [0.05, 0.1) is 18.0 Å². The Bertz CT molecular complexity index is 311. The van der Waals surface area contributed by atoms with Gasteiger partial charge in [-0.05, 0) is 26.0 Å². The van der Waals surface area contributed by atoms with Crippen LogP contribution < -0.4 is 4.90 Å². The Morgan fingerprint density at radius 3 is 2.69 bits per heavy atom. The van der Waals surface area contributed by atoms with Gasteiger partial charge < -0.3 is 4.90 Å². The van der Waals surface area contributed by atoms with Crippen molar-refractivity contribution in [2.24, 2.45) is 0 Å². The quantitative estimate of drug-likeness (QED) is 0.688. The highest BCUT2D eigenvalue weighted by Gasteiger charge is 2.22. The van der Waals surface area contributed by atoms with Crippen molar-refractivity contribution in [3.63, 3.8) is 0 Å². The maximum Gasteiger partial charge on any atom is 0.121 e. The molecule has 3 nitrogen and oxygen atoms in total. The highest BCUT2D eigenvalue weighted by molar-refractivity contribution is 5.47. The Morgan fingerprint density at radius 1 is 1.54 bits per heavy atom. The van der Waals surface area contributed by atoms with Gasteiger partial charge >= 0.3 is 0 Å². The van der Waals surface area contributed by atoms with Crippen LogP contribution in [-0.4, -0.2) is 17.6 Å². The number of hydrogen-bond acceptors (Lipinski definition) is 3. The minimum Gasteiger partial charge on any atom is -0.356 e. The number of pyridine rings is 1. The molecule has 0 amide bonds. The SMILES string of the molecule is CN(c1cccnc1)C(C)(C)C#N. The molecule has 0 saturated carbocycles. The molecule has 1 rings (SSSR count). The smallest absolute Gasteiger partial charge is 0.121 e. The summed E-state index contributed by atoms with van der Waals surface area (Å²) in [5.74, 6) is 0. The molecule has 0 aromatic carbocycles. The largest absolute Gasteiger partial charge is 0.356 e. The molecule has 1 aromatic heterocycles. The van der Waals surface area contributed by atoms with Crippen LogP contribution in [0.3, 0.4) is 0 Å². The molecule has 0 aliphatic heterocycles. The fourth-order valence-electron chi connectivity index (χ4n) is 0.950. The predicted octanol–water partition coefficient (Wildman–Crippen LogP) is 1.82. The molecule has 0 bridgehead atoms. The molecule has 0 aliphatic carbocycles. The summed E-state index contributed by atoms with van der Waals surface area (Å²) in [7, 11) is 1.89. The van der Waals surface area contributed by atoms with Crippen molar-refractivity contribution in [3.8, 4) is 6.07 Å². The molecular formula is C10H13N3. The minimum absolute atomic E-state index is 0.497. The van der Waals surface area contributed by atoms with Crippen molar-refractivity contribution in [2.45, 2.75) is 19.4 Å². The Balaban J connectivity index is 2.94. The highest BCUT2D eigenvalue weighted by atomic mass is 15.2. The van der Waals surface area contributed by atoms with E-state index in [-0.39, 0.29) is 0 Å². The average Bonchev–Trinajstić information content (AvgIpc) is 2.18. The third kappa shape index (κ3) is 1.97. The average molecular weight is 175 g/mol. The van der Waals surface area contributed by atoms with E-state index in [1.165, 1.54) is 0 Å². The first-order valence-electron chi connectivity index (χ1n) is 4.13. The third-order valence-electron chi connectivity index (χ3n) is 2.15. The van der Waals surface area contributed by atoms with Gasteiger partial charge in [-0.25, -0.2) is 0 Å².